The molecule has 0 fully saturated rings. The Kier molecular flexibility index (Phi) is 5.12. The van der Waals surface area contributed by atoms with E-state index in [1.807, 2.05) is 54.3 Å². The van der Waals surface area contributed by atoms with Crippen LogP contribution in [0.25, 0.3) is 11.1 Å². The number of aromatic nitrogens is 4. The van der Waals surface area contributed by atoms with Crippen LogP contribution in [0, 0.1) is 0 Å². The Hall–Kier alpha value is -4.07. The van der Waals surface area contributed by atoms with Gasteiger partial charge in [0.05, 0.1) is 23.5 Å². The number of nitrogens with one attached hydrogen (secondary N) is 1. The zero-order chi connectivity index (χ0) is 23.0. The molecular formula is C25H22F2N6. The number of nitrogens with zero attached hydrogens (tertiary/aromatic N) is 5. The molecular weight excluding hydrogens is 422 g/mol. The molecule has 0 unspecified atom stereocenters. The highest BCUT2D eigenvalue weighted by Gasteiger charge is 2.47. The molecule has 0 saturated carbocycles. The standard InChI is InChI=1S/C25H22F2N6/c1-17(33-16-23-22(25(33,26)27)4-3-10-28-23)12-18-5-7-19(8-6-18)20-13-29-24(30-14-20)31-21-9-11-32(2)15-21/h3-11,13-15H,1,12,16H2,2H3,(H,29,30,31). The van der Waals surface area contributed by atoms with Crippen molar-refractivity contribution in [1.82, 2.24) is 24.4 Å². The van der Waals surface area contributed by atoms with Crippen molar-refractivity contribution in [3.8, 4) is 11.1 Å². The van der Waals surface area contributed by atoms with Crippen molar-refractivity contribution in [2.45, 2.75) is 19.0 Å². The van der Waals surface area contributed by atoms with E-state index in [4.69, 9.17) is 0 Å². The quantitative estimate of drug-likeness (QED) is 0.412. The Morgan fingerprint density at radius 3 is 2.48 bits per heavy atom. The minimum Gasteiger partial charge on any atom is -0.355 e. The molecule has 1 aliphatic rings. The monoisotopic (exact) mass is 444 g/mol. The Morgan fingerprint density at radius 1 is 1.06 bits per heavy atom. The van der Waals surface area contributed by atoms with Crippen LogP contribution in [0.2, 0.25) is 0 Å². The molecule has 0 bridgehead atoms. The highest BCUT2D eigenvalue weighted by Crippen LogP contribution is 2.43. The lowest BCUT2D eigenvalue weighted by Gasteiger charge is -2.28. The summed E-state index contributed by atoms with van der Waals surface area (Å²) in [6.07, 6.45) is 9.24. The molecule has 0 atom stereocenters. The molecule has 0 spiro atoms. The number of allylic oxidation sites excluding steroid dienone is 1. The summed E-state index contributed by atoms with van der Waals surface area (Å²) in [6.45, 7) is 3.98. The molecule has 1 aliphatic heterocycles. The fraction of sp³-hybridized carbons (Fsp3) is 0.160. The molecule has 0 radical (unpaired) electrons. The summed E-state index contributed by atoms with van der Waals surface area (Å²) in [5, 5.41) is 3.15. The first kappa shape index (κ1) is 20.8. The molecule has 1 aromatic carbocycles. The summed E-state index contributed by atoms with van der Waals surface area (Å²) in [6, 6.07) is 9.49. The van der Waals surface area contributed by atoms with Gasteiger partial charge in [0.1, 0.15) is 0 Å². The number of aryl methyl sites for hydroxylation is 1. The van der Waals surface area contributed by atoms with E-state index in [-0.39, 0.29) is 12.1 Å². The number of halogens is 2. The maximum Gasteiger partial charge on any atom is 0.354 e. The van der Waals surface area contributed by atoms with Crippen molar-refractivity contribution in [3.05, 3.63) is 103 Å². The Balaban J connectivity index is 1.25. The van der Waals surface area contributed by atoms with E-state index in [0.717, 1.165) is 27.3 Å². The van der Waals surface area contributed by atoms with Crippen LogP contribution in [0.15, 0.2) is 85.7 Å². The largest absolute Gasteiger partial charge is 0.355 e. The molecule has 0 aliphatic carbocycles. The van der Waals surface area contributed by atoms with Crippen LogP contribution in [-0.2, 0) is 26.1 Å². The molecule has 6 nitrogen and oxygen atoms in total. The molecule has 0 saturated heterocycles. The number of fused-ring (bicyclic) bond motifs is 1. The highest BCUT2D eigenvalue weighted by atomic mass is 19.3. The van der Waals surface area contributed by atoms with E-state index in [9.17, 15) is 8.78 Å². The molecule has 4 heterocycles. The summed E-state index contributed by atoms with van der Waals surface area (Å²) in [4.78, 5) is 13.9. The third-order valence-corrected chi connectivity index (χ3v) is 5.68. The fourth-order valence-corrected chi connectivity index (χ4v) is 3.94. The highest BCUT2D eigenvalue weighted by molar-refractivity contribution is 5.63. The van der Waals surface area contributed by atoms with Crippen LogP contribution in [0.5, 0.6) is 0 Å². The lowest BCUT2D eigenvalue weighted by atomic mass is 10.0. The molecule has 166 valence electrons. The van der Waals surface area contributed by atoms with E-state index in [0.29, 0.717) is 23.8 Å². The van der Waals surface area contributed by atoms with Crippen LogP contribution in [-0.4, -0.2) is 24.4 Å². The minimum absolute atomic E-state index is 0.0494. The van der Waals surface area contributed by atoms with E-state index >= 15 is 0 Å². The Bertz CT molecular complexity index is 1300. The van der Waals surface area contributed by atoms with Gasteiger partial charge < -0.3 is 14.8 Å². The second kappa shape index (κ2) is 8.12. The molecule has 33 heavy (non-hydrogen) atoms. The number of rotatable bonds is 6. The topological polar surface area (TPSA) is 58.9 Å². The normalized spacial score (nSPS) is 14.2. The number of benzene rings is 1. The smallest absolute Gasteiger partial charge is 0.354 e. The predicted molar refractivity (Wildman–Crippen MR) is 123 cm³/mol. The number of hydrogen-bond acceptors (Lipinski definition) is 5. The summed E-state index contributed by atoms with van der Waals surface area (Å²) >= 11 is 0. The van der Waals surface area contributed by atoms with Crippen molar-refractivity contribution in [3.63, 3.8) is 0 Å². The van der Waals surface area contributed by atoms with Gasteiger partial charge in [-0.05, 0) is 29.3 Å². The van der Waals surface area contributed by atoms with Crippen LogP contribution >= 0.6 is 0 Å². The van der Waals surface area contributed by atoms with Gasteiger partial charge in [-0.15, -0.1) is 0 Å². The summed E-state index contributed by atoms with van der Waals surface area (Å²) in [5.74, 6) is 0.514. The molecule has 0 amide bonds. The van der Waals surface area contributed by atoms with Crippen molar-refractivity contribution in [2.24, 2.45) is 7.05 Å². The van der Waals surface area contributed by atoms with Crippen molar-refractivity contribution < 1.29 is 8.78 Å². The second-order valence-electron chi connectivity index (χ2n) is 8.05. The average molecular weight is 444 g/mol. The fourth-order valence-electron chi connectivity index (χ4n) is 3.94. The van der Waals surface area contributed by atoms with Gasteiger partial charge in [-0.25, -0.2) is 9.97 Å². The third-order valence-electron chi connectivity index (χ3n) is 5.68. The lowest BCUT2D eigenvalue weighted by Crippen LogP contribution is -2.32. The van der Waals surface area contributed by atoms with Gasteiger partial charge in [-0.3, -0.25) is 4.98 Å². The van der Waals surface area contributed by atoms with E-state index in [1.165, 1.54) is 18.3 Å². The van der Waals surface area contributed by atoms with E-state index in [1.54, 1.807) is 12.4 Å². The first-order chi connectivity index (χ1) is 15.9. The predicted octanol–water partition coefficient (Wildman–Crippen LogP) is 5.24. The van der Waals surface area contributed by atoms with Gasteiger partial charge >= 0.3 is 6.05 Å². The van der Waals surface area contributed by atoms with E-state index in [2.05, 4.69) is 26.8 Å². The number of pyridine rings is 1. The van der Waals surface area contributed by atoms with Crippen molar-refractivity contribution in [1.29, 1.82) is 0 Å². The molecule has 4 aromatic rings. The van der Waals surface area contributed by atoms with Crippen LogP contribution in [0.4, 0.5) is 20.4 Å². The molecule has 5 rings (SSSR count). The van der Waals surface area contributed by atoms with Crippen LogP contribution in [0.3, 0.4) is 0 Å². The van der Waals surface area contributed by atoms with Crippen LogP contribution < -0.4 is 5.32 Å². The van der Waals surface area contributed by atoms with Gasteiger partial charge in [0.25, 0.3) is 0 Å². The Labute approximate surface area is 190 Å². The van der Waals surface area contributed by atoms with Gasteiger partial charge in [0, 0.05) is 55.7 Å². The van der Waals surface area contributed by atoms with Gasteiger partial charge in [-0.1, -0.05) is 30.8 Å². The van der Waals surface area contributed by atoms with E-state index < -0.39 is 6.05 Å². The third kappa shape index (κ3) is 4.07. The van der Waals surface area contributed by atoms with Gasteiger partial charge in [0.15, 0.2) is 0 Å². The first-order valence-electron chi connectivity index (χ1n) is 10.5. The summed E-state index contributed by atoms with van der Waals surface area (Å²) < 4.78 is 31.6. The maximum absolute atomic E-state index is 14.8. The second-order valence-corrected chi connectivity index (χ2v) is 8.05. The first-order valence-corrected chi connectivity index (χ1v) is 10.5. The molecule has 3 aromatic heterocycles. The summed E-state index contributed by atoms with van der Waals surface area (Å²) in [5.41, 5.74) is 4.32. The lowest BCUT2D eigenvalue weighted by molar-refractivity contribution is -0.127. The number of hydrogen-bond donors (Lipinski definition) is 1. The SMILES string of the molecule is C=C(Cc1ccc(-c2cnc(Nc3ccn(C)c3)nc2)cc1)N1Cc2ncccc2C1(F)F. The Morgan fingerprint density at radius 2 is 1.82 bits per heavy atom. The zero-order valence-corrected chi connectivity index (χ0v) is 18.0. The number of anilines is 2. The van der Waals surface area contributed by atoms with Gasteiger partial charge in [-0.2, -0.15) is 8.78 Å². The average Bonchev–Trinajstić information content (AvgIpc) is 3.34. The maximum atomic E-state index is 14.8. The van der Waals surface area contributed by atoms with Crippen molar-refractivity contribution in [2.75, 3.05) is 5.32 Å². The summed E-state index contributed by atoms with van der Waals surface area (Å²) in [7, 11) is 1.95. The van der Waals surface area contributed by atoms with Crippen LogP contribution in [0.1, 0.15) is 16.8 Å². The minimum atomic E-state index is -3.10. The number of alkyl halides is 2. The molecule has 8 heteroatoms. The van der Waals surface area contributed by atoms with Crippen molar-refractivity contribution >= 4 is 11.6 Å². The zero-order valence-electron chi connectivity index (χ0n) is 18.0. The molecule has 1 N–H and O–H groups in total. The van der Waals surface area contributed by atoms with Gasteiger partial charge in [0.2, 0.25) is 5.95 Å².